The van der Waals surface area contributed by atoms with Gasteiger partial charge in [0.1, 0.15) is 0 Å². The summed E-state index contributed by atoms with van der Waals surface area (Å²) in [5.74, 6) is 0. The van der Waals surface area contributed by atoms with E-state index in [1.807, 2.05) is 12.1 Å². The van der Waals surface area contributed by atoms with Gasteiger partial charge in [-0.2, -0.15) is 0 Å². The van der Waals surface area contributed by atoms with Crippen molar-refractivity contribution in [2.75, 3.05) is 0 Å². The van der Waals surface area contributed by atoms with Crippen molar-refractivity contribution in [2.45, 2.75) is 0 Å². The molecule has 0 amide bonds. The maximum absolute atomic E-state index is 11.1. The second-order valence-corrected chi connectivity index (χ2v) is 3.15. The summed E-state index contributed by atoms with van der Waals surface area (Å²) in [5, 5.41) is 0. The molecule has 1 N–H and O–H groups in total. The van der Waals surface area contributed by atoms with Crippen LogP contribution in [0.3, 0.4) is 0 Å². The van der Waals surface area contributed by atoms with Crippen molar-refractivity contribution >= 4 is 21.4 Å². The van der Waals surface area contributed by atoms with Crippen LogP contribution in [0.1, 0.15) is 0 Å². The number of nitrogens with one attached hydrogen (secondary N) is 1. The van der Waals surface area contributed by atoms with Crippen molar-refractivity contribution in [3.8, 4) is 0 Å². The fraction of sp³-hybridized carbons (Fsp3) is 0. The number of halogens is 1. The molecule has 0 saturated carbocycles. The third kappa shape index (κ3) is 0.991. The van der Waals surface area contributed by atoms with E-state index in [1.165, 1.54) is 0 Å². The fourth-order valence-electron chi connectivity index (χ4n) is 1.02. The number of hydrogen-bond acceptors (Lipinski definition) is 1. The normalized spacial score (nSPS) is 10.6. The predicted molar refractivity (Wildman–Crippen MR) is 45.7 cm³/mol. The van der Waals surface area contributed by atoms with Crippen LogP contribution in [0.4, 0.5) is 0 Å². The van der Waals surface area contributed by atoms with Crippen LogP contribution in [-0.2, 0) is 0 Å². The van der Waals surface area contributed by atoms with E-state index in [1.54, 1.807) is 16.8 Å². The number of fused-ring (bicyclic) bond motifs is 1. The number of hydrogen-bond donors (Lipinski definition) is 1. The van der Waals surface area contributed by atoms with Gasteiger partial charge in [0.2, 0.25) is 0 Å². The standard InChI is InChI=1S/C7H5BrN2O/c8-5-3-6-1-2-9-7(11)10(6)4-5/h1-4H,(H,9,11). The SMILES string of the molecule is O=c1[nH]ccc2cc(Br)cn12. The first kappa shape index (κ1) is 6.67. The summed E-state index contributed by atoms with van der Waals surface area (Å²) >= 11 is 3.29. The van der Waals surface area contributed by atoms with Gasteiger partial charge in [-0.3, -0.25) is 4.40 Å². The molecule has 2 aromatic rings. The number of aromatic nitrogens is 2. The van der Waals surface area contributed by atoms with Gasteiger partial charge in [0.25, 0.3) is 0 Å². The van der Waals surface area contributed by atoms with E-state index in [0.717, 1.165) is 9.99 Å². The number of H-pyrrole nitrogens is 1. The molecule has 0 fully saturated rings. The van der Waals surface area contributed by atoms with Gasteiger partial charge in [0, 0.05) is 16.9 Å². The zero-order valence-electron chi connectivity index (χ0n) is 5.54. The van der Waals surface area contributed by atoms with E-state index in [-0.39, 0.29) is 5.69 Å². The van der Waals surface area contributed by atoms with Crippen LogP contribution < -0.4 is 5.69 Å². The molecule has 11 heavy (non-hydrogen) atoms. The van der Waals surface area contributed by atoms with E-state index in [0.29, 0.717) is 0 Å². The lowest BCUT2D eigenvalue weighted by molar-refractivity contribution is 1.01. The molecule has 56 valence electrons. The Kier molecular flexibility index (Phi) is 1.35. The maximum Gasteiger partial charge on any atom is 0.330 e. The van der Waals surface area contributed by atoms with Crippen LogP contribution in [0.25, 0.3) is 5.52 Å². The Bertz CT molecular complexity index is 443. The summed E-state index contributed by atoms with van der Waals surface area (Å²) in [6.45, 7) is 0. The molecule has 0 radical (unpaired) electrons. The number of nitrogens with zero attached hydrogens (tertiary/aromatic N) is 1. The lowest BCUT2D eigenvalue weighted by Gasteiger charge is -1.88. The van der Waals surface area contributed by atoms with Gasteiger partial charge < -0.3 is 4.98 Å². The van der Waals surface area contributed by atoms with Crippen molar-refractivity contribution in [3.05, 3.63) is 39.5 Å². The fourth-order valence-corrected chi connectivity index (χ4v) is 1.46. The van der Waals surface area contributed by atoms with Crippen molar-refractivity contribution in [3.63, 3.8) is 0 Å². The summed E-state index contributed by atoms with van der Waals surface area (Å²) in [7, 11) is 0. The Morgan fingerprint density at radius 3 is 3.09 bits per heavy atom. The first-order valence-electron chi connectivity index (χ1n) is 3.13. The van der Waals surface area contributed by atoms with Crippen molar-refractivity contribution in [1.82, 2.24) is 9.38 Å². The van der Waals surface area contributed by atoms with Gasteiger partial charge in [0.05, 0.1) is 5.52 Å². The van der Waals surface area contributed by atoms with Crippen molar-refractivity contribution < 1.29 is 0 Å². The molecule has 2 heterocycles. The van der Waals surface area contributed by atoms with Gasteiger partial charge in [-0.1, -0.05) is 0 Å². The molecule has 0 aromatic carbocycles. The molecule has 2 rings (SSSR count). The molecular formula is C7H5BrN2O. The first-order chi connectivity index (χ1) is 5.27. The topological polar surface area (TPSA) is 37.3 Å². The Hall–Kier alpha value is -1.03. The summed E-state index contributed by atoms with van der Waals surface area (Å²) in [5.41, 5.74) is 0.772. The molecule has 0 bridgehead atoms. The molecule has 0 atom stereocenters. The quantitative estimate of drug-likeness (QED) is 0.705. The average molecular weight is 213 g/mol. The van der Waals surface area contributed by atoms with Crippen LogP contribution in [0.15, 0.2) is 33.8 Å². The molecule has 0 saturated heterocycles. The molecule has 0 aliphatic heterocycles. The van der Waals surface area contributed by atoms with Crippen molar-refractivity contribution in [1.29, 1.82) is 0 Å². The monoisotopic (exact) mass is 212 g/mol. The lowest BCUT2D eigenvalue weighted by atomic mass is 10.5. The van der Waals surface area contributed by atoms with E-state index in [4.69, 9.17) is 0 Å². The molecule has 0 aliphatic carbocycles. The van der Waals surface area contributed by atoms with Gasteiger partial charge in [-0.15, -0.1) is 0 Å². The second-order valence-electron chi connectivity index (χ2n) is 2.24. The zero-order valence-corrected chi connectivity index (χ0v) is 7.13. The van der Waals surface area contributed by atoms with Gasteiger partial charge >= 0.3 is 5.69 Å². The van der Waals surface area contributed by atoms with Gasteiger partial charge in [-0.05, 0) is 28.1 Å². The minimum absolute atomic E-state index is 0.117. The minimum Gasteiger partial charge on any atom is -0.314 e. The highest BCUT2D eigenvalue weighted by atomic mass is 79.9. The van der Waals surface area contributed by atoms with Gasteiger partial charge in [-0.25, -0.2) is 4.79 Å². The van der Waals surface area contributed by atoms with Crippen molar-refractivity contribution in [2.24, 2.45) is 0 Å². The highest BCUT2D eigenvalue weighted by Gasteiger charge is 1.96. The molecule has 0 aliphatic rings. The Morgan fingerprint density at radius 2 is 2.36 bits per heavy atom. The molecule has 0 spiro atoms. The minimum atomic E-state index is -0.117. The zero-order chi connectivity index (χ0) is 7.84. The van der Waals surface area contributed by atoms with Gasteiger partial charge in [0.15, 0.2) is 0 Å². The van der Waals surface area contributed by atoms with Crippen LogP contribution in [0.2, 0.25) is 0 Å². The number of rotatable bonds is 0. The smallest absolute Gasteiger partial charge is 0.314 e. The molecule has 0 unspecified atom stereocenters. The summed E-state index contributed by atoms with van der Waals surface area (Å²) < 4.78 is 2.46. The Balaban J connectivity index is 3.02. The highest BCUT2D eigenvalue weighted by molar-refractivity contribution is 9.10. The first-order valence-corrected chi connectivity index (χ1v) is 3.92. The van der Waals surface area contributed by atoms with Crippen LogP contribution >= 0.6 is 15.9 Å². The Morgan fingerprint density at radius 1 is 1.55 bits per heavy atom. The third-order valence-electron chi connectivity index (χ3n) is 1.50. The summed E-state index contributed by atoms with van der Waals surface area (Å²) in [4.78, 5) is 13.7. The molecule has 3 nitrogen and oxygen atoms in total. The molecular weight excluding hydrogens is 208 g/mol. The van der Waals surface area contributed by atoms with Crippen LogP contribution in [0, 0.1) is 0 Å². The third-order valence-corrected chi connectivity index (χ3v) is 1.93. The highest BCUT2D eigenvalue weighted by Crippen LogP contribution is 2.12. The van der Waals surface area contributed by atoms with Crippen LogP contribution in [-0.4, -0.2) is 9.38 Å². The van der Waals surface area contributed by atoms with E-state index >= 15 is 0 Å². The second kappa shape index (κ2) is 2.23. The largest absolute Gasteiger partial charge is 0.330 e. The predicted octanol–water partition coefficient (Wildman–Crippen LogP) is 1.39. The summed E-state index contributed by atoms with van der Waals surface area (Å²) in [6, 6.07) is 3.72. The van der Waals surface area contributed by atoms with E-state index in [2.05, 4.69) is 20.9 Å². The van der Waals surface area contributed by atoms with E-state index < -0.39 is 0 Å². The summed E-state index contributed by atoms with van der Waals surface area (Å²) in [6.07, 6.45) is 3.36. The van der Waals surface area contributed by atoms with E-state index in [9.17, 15) is 4.79 Å². The average Bonchev–Trinajstić information content (AvgIpc) is 2.31. The maximum atomic E-state index is 11.1. The van der Waals surface area contributed by atoms with Crippen LogP contribution in [0.5, 0.6) is 0 Å². The molecule has 4 heteroatoms. The molecule has 2 aromatic heterocycles. The number of aromatic amines is 1. The lowest BCUT2D eigenvalue weighted by Crippen LogP contribution is -2.13. The Labute approximate surface area is 70.8 Å².